The van der Waals surface area contributed by atoms with Gasteiger partial charge in [-0.3, -0.25) is 0 Å². The highest BCUT2D eigenvalue weighted by Crippen LogP contribution is 2.39. The van der Waals surface area contributed by atoms with Crippen LogP contribution in [0.4, 0.5) is 23.2 Å². The molecule has 1 N–H and O–H groups in total. The molecule has 2 aromatic carbocycles. The molecular formula is C25H26ClF4N3O2S2. The van der Waals surface area contributed by atoms with Crippen molar-refractivity contribution >= 4 is 38.5 Å². The van der Waals surface area contributed by atoms with Crippen LogP contribution in [-0.4, -0.2) is 44.5 Å². The third-order valence-corrected chi connectivity index (χ3v) is 9.57. The zero-order valence-electron chi connectivity index (χ0n) is 20.1. The normalized spacial score (nSPS) is 20.8. The van der Waals surface area contributed by atoms with Crippen LogP contribution in [0.15, 0.2) is 52.9 Å². The third-order valence-electron chi connectivity index (χ3n) is 6.66. The van der Waals surface area contributed by atoms with Crippen molar-refractivity contribution < 1.29 is 26.0 Å². The van der Waals surface area contributed by atoms with Gasteiger partial charge in [0.05, 0.1) is 16.3 Å². The molecule has 0 aliphatic heterocycles. The van der Waals surface area contributed by atoms with Gasteiger partial charge >= 0.3 is 6.18 Å². The van der Waals surface area contributed by atoms with Crippen LogP contribution in [0.25, 0.3) is 0 Å². The van der Waals surface area contributed by atoms with Gasteiger partial charge in [-0.05, 0) is 63.0 Å². The van der Waals surface area contributed by atoms with E-state index in [0.29, 0.717) is 29.8 Å². The summed E-state index contributed by atoms with van der Waals surface area (Å²) in [5.41, 5.74) is 0.236. The van der Waals surface area contributed by atoms with Crippen molar-refractivity contribution in [3.63, 3.8) is 0 Å². The predicted octanol–water partition coefficient (Wildman–Crippen LogP) is 6.61. The molecular weight excluding hydrogens is 550 g/mol. The molecule has 0 bridgehead atoms. The molecule has 1 unspecified atom stereocenters. The van der Waals surface area contributed by atoms with Crippen molar-refractivity contribution in [2.45, 2.75) is 54.1 Å². The van der Waals surface area contributed by atoms with E-state index in [1.54, 1.807) is 11.4 Å². The third kappa shape index (κ3) is 6.45. The van der Waals surface area contributed by atoms with Crippen molar-refractivity contribution in [2.75, 3.05) is 19.4 Å². The molecule has 0 spiro atoms. The second-order valence-electron chi connectivity index (χ2n) is 9.36. The smallest absolute Gasteiger partial charge is 0.379 e. The molecule has 3 atom stereocenters. The van der Waals surface area contributed by atoms with Gasteiger partial charge < -0.3 is 10.2 Å². The molecule has 0 radical (unpaired) electrons. The Morgan fingerprint density at radius 2 is 1.95 bits per heavy atom. The molecule has 1 aromatic heterocycles. The average Bonchev–Trinajstić information content (AvgIpc) is 3.33. The van der Waals surface area contributed by atoms with Gasteiger partial charge in [-0.1, -0.05) is 29.8 Å². The van der Waals surface area contributed by atoms with E-state index in [2.05, 4.69) is 10.3 Å². The number of benzene rings is 2. The van der Waals surface area contributed by atoms with Crippen LogP contribution >= 0.6 is 22.9 Å². The SMILES string of the molecule is CN(C)[C@H]1CC(c2cccc(C(F)(F)F)c2)CC[C@@H]1Nc1cc(F)c(S(=O)(=O)Cc2nccs2)cc1Cl. The maximum atomic E-state index is 15.0. The number of sulfone groups is 1. The maximum absolute atomic E-state index is 15.0. The number of anilines is 1. The Morgan fingerprint density at radius 3 is 2.59 bits per heavy atom. The first kappa shape index (κ1) is 27.8. The van der Waals surface area contributed by atoms with Gasteiger partial charge in [0.25, 0.3) is 0 Å². The first-order chi connectivity index (χ1) is 17.3. The molecule has 1 aliphatic rings. The number of halogens is 5. The Hall–Kier alpha value is -2.21. The average molecular weight is 576 g/mol. The molecule has 12 heteroatoms. The fraction of sp³-hybridized carbons (Fsp3) is 0.400. The number of rotatable bonds is 7. The maximum Gasteiger partial charge on any atom is 0.416 e. The van der Waals surface area contributed by atoms with E-state index in [1.807, 2.05) is 19.0 Å². The van der Waals surface area contributed by atoms with Crippen molar-refractivity contribution in [1.82, 2.24) is 9.88 Å². The first-order valence-corrected chi connectivity index (χ1v) is 14.5. The van der Waals surface area contributed by atoms with Crippen LogP contribution in [0.2, 0.25) is 5.02 Å². The van der Waals surface area contributed by atoms with E-state index >= 15 is 0 Å². The van der Waals surface area contributed by atoms with E-state index in [9.17, 15) is 26.0 Å². The number of nitrogens with zero attached hydrogens (tertiary/aromatic N) is 2. The molecule has 3 aromatic rings. The number of thiazole rings is 1. The molecule has 37 heavy (non-hydrogen) atoms. The zero-order chi connectivity index (χ0) is 27.0. The Balaban J connectivity index is 1.52. The number of hydrogen-bond acceptors (Lipinski definition) is 6. The van der Waals surface area contributed by atoms with Crippen LogP contribution in [0, 0.1) is 5.82 Å². The van der Waals surface area contributed by atoms with Gasteiger partial charge in [0, 0.05) is 23.7 Å². The fourth-order valence-corrected chi connectivity index (χ4v) is 7.43. The molecule has 5 nitrogen and oxygen atoms in total. The van der Waals surface area contributed by atoms with E-state index in [-0.39, 0.29) is 28.7 Å². The lowest BCUT2D eigenvalue weighted by Gasteiger charge is -2.41. The molecule has 0 amide bonds. The minimum absolute atomic E-state index is 0.0663. The topological polar surface area (TPSA) is 62.3 Å². The molecule has 0 saturated heterocycles. The fourth-order valence-electron chi connectivity index (χ4n) is 4.80. The van der Waals surface area contributed by atoms with Crippen LogP contribution in [-0.2, 0) is 21.8 Å². The Kier molecular flexibility index (Phi) is 8.18. The van der Waals surface area contributed by atoms with Crippen molar-refractivity contribution in [3.05, 3.63) is 74.9 Å². The lowest BCUT2D eigenvalue weighted by Crippen LogP contribution is -2.47. The van der Waals surface area contributed by atoms with E-state index < -0.39 is 38.0 Å². The summed E-state index contributed by atoms with van der Waals surface area (Å²) in [5, 5.41) is 5.31. The number of likely N-dealkylation sites (N-methyl/N-ethyl adjacent to an activating group) is 1. The van der Waals surface area contributed by atoms with E-state index in [0.717, 1.165) is 18.2 Å². The van der Waals surface area contributed by atoms with Gasteiger partial charge in [0.1, 0.15) is 21.5 Å². The quantitative estimate of drug-likeness (QED) is 0.321. The molecule has 1 fully saturated rings. The van der Waals surface area contributed by atoms with Crippen molar-refractivity contribution in [1.29, 1.82) is 0 Å². The standard InChI is InChI=1S/C25H26ClF4N3O2S2/c1-33(2)22-11-16(15-4-3-5-17(10-15)25(28,29)30)6-7-20(22)32-21-13-19(27)23(12-18(21)26)37(34,35)14-24-31-8-9-36-24/h3-5,8-10,12-13,16,20,22,32H,6-7,11,14H2,1-2H3/t16?,20-,22-/m0/s1. The van der Waals surface area contributed by atoms with Crippen LogP contribution in [0.5, 0.6) is 0 Å². The number of nitrogens with one attached hydrogen (secondary N) is 1. The zero-order valence-corrected chi connectivity index (χ0v) is 22.5. The molecule has 1 aliphatic carbocycles. The van der Waals surface area contributed by atoms with Crippen molar-refractivity contribution in [3.8, 4) is 0 Å². The van der Waals surface area contributed by atoms with Crippen molar-refractivity contribution in [2.24, 2.45) is 0 Å². The number of hydrogen-bond donors (Lipinski definition) is 1. The summed E-state index contributed by atoms with van der Waals surface area (Å²) in [6.45, 7) is 0. The Bertz CT molecular complexity index is 1350. The summed E-state index contributed by atoms with van der Waals surface area (Å²) in [6, 6.07) is 7.37. The monoisotopic (exact) mass is 575 g/mol. The molecule has 1 saturated carbocycles. The molecule has 4 rings (SSSR count). The highest BCUT2D eigenvalue weighted by molar-refractivity contribution is 7.90. The summed E-state index contributed by atoms with van der Waals surface area (Å²) >= 11 is 7.56. The minimum atomic E-state index is -4.41. The largest absolute Gasteiger partial charge is 0.416 e. The van der Waals surface area contributed by atoms with Crippen LogP contribution in [0.1, 0.15) is 41.3 Å². The van der Waals surface area contributed by atoms with Gasteiger partial charge in [-0.2, -0.15) is 13.2 Å². The minimum Gasteiger partial charge on any atom is -0.379 e. The highest BCUT2D eigenvalue weighted by Gasteiger charge is 2.35. The molecule has 1 heterocycles. The lowest BCUT2D eigenvalue weighted by molar-refractivity contribution is -0.137. The lowest BCUT2D eigenvalue weighted by atomic mass is 9.78. The number of alkyl halides is 3. The summed E-state index contributed by atoms with van der Waals surface area (Å²) in [4.78, 5) is 5.45. The first-order valence-electron chi connectivity index (χ1n) is 11.6. The summed E-state index contributed by atoms with van der Waals surface area (Å²) in [5.74, 6) is -1.41. The van der Waals surface area contributed by atoms with Gasteiger partial charge in [0.2, 0.25) is 0 Å². The van der Waals surface area contributed by atoms with Crippen LogP contribution < -0.4 is 5.32 Å². The van der Waals surface area contributed by atoms with Gasteiger partial charge in [-0.15, -0.1) is 11.3 Å². The predicted molar refractivity (Wildman–Crippen MR) is 137 cm³/mol. The van der Waals surface area contributed by atoms with E-state index in [4.69, 9.17) is 11.6 Å². The summed E-state index contributed by atoms with van der Waals surface area (Å²) < 4.78 is 80.1. The Labute approximate surface area is 222 Å². The number of aromatic nitrogens is 1. The summed E-state index contributed by atoms with van der Waals surface area (Å²) in [7, 11) is -0.231. The second-order valence-corrected chi connectivity index (χ2v) is 12.7. The Morgan fingerprint density at radius 1 is 1.19 bits per heavy atom. The summed E-state index contributed by atoms with van der Waals surface area (Å²) in [6.07, 6.45) is -1.10. The molecule has 200 valence electrons. The highest BCUT2D eigenvalue weighted by atomic mass is 35.5. The van der Waals surface area contributed by atoms with Crippen LogP contribution in [0.3, 0.4) is 0 Å². The van der Waals surface area contributed by atoms with Gasteiger partial charge in [-0.25, -0.2) is 17.8 Å². The second kappa shape index (κ2) is 10.9. The van der Waals surface area contributed by atoms with E-state index in [1.165, 1.54) is 29.7 Å². The van der Waals surface area contributed by atoms with Gasteiger partial charge in [0.15, 0.2) is 9.84 Å².